The van der Waals surface area contributed by atoms with Gasteiger partial charge >= 0.3 is 5.76 Å². The van der Waals surface area contributed by atoms with E-state index in [4.69, 9.17) is 4.42 Å². The Labute approximate surface area is 154 Å². The van der Waals surface area contributed by atoms with Crippen molar-refractivity contribution < 1.29 is 8.81 Å². The molecule has 4 rings (SSSR count). The lowest BCUT2D eigenvalue weighted by Crippen LogP contribution is -2.16. The molecule has 2 heterocycles. The Morgan fingerprint density at radius 1 is 1.00 bits per heavy atom. The highest BCUT2D eigenvalue weighted by Gasteiger charge is 2.11. The summed E-state index contributed by atoms with van der Waals surface area (Å²) in [4.78, 5) is 12.1. The fourth-order valence-corrected chi connectivity index (χ4v) is 2.92. The molecule has 0 aliphatic heterocycles. The van der Waals surface area contributed by atoms with Crippen LogP contribution < -0.4 is 5.76 Å². The maximum absolute atomic E-state index is 13.0. The fraction of sp³-hybridized carbons (Fsp3) is 0.150. The van der Waals surface area contributed by atoms with Crippen molar-refractivity contribution in [3.63, 3.8) is 0 Å². The average molecular weight is 364 g/mol. The van der Waals surface area contributed by atoms with Crippen LogP contribution in [0.1, 0.15) is 17.0 Å². The van der Waals surface area contributed by atoms with Crippen LogP contribution in [-0.4, -0.2) is 19.6 Å². The molecular weight excluding hydrogens is 347 g/mol. The highest BCUT2D eigenvalue weighted by molar-refractivity contribution is 5.51. The zero-order chi connectivity index (χ0) is 19.0. The smallest absolute Gasteiger partial charge is 0.388 e. The molecule has 0 fully saturated rings. The van der Waals surface area contributed by atoms with Gasteiger partial charge in [-0.2, -0.15) is 9.78 Å². The van der Waals surface area contributed by atoms with Crippen LogP contribution in [0, 0.1) is 19.7 Å². The molecule has 0 radical (unpaired) electrons. The summed E-state index contributed by atoms with van der Waals surface area (Å²) >= 11 is 0. The molecule has 0 atom stereocenters. The van der Waals surface area contributed by atoms with Gasteiger partial charge in [0, 0.05) is 11.3 Å². The summed E-state index contributed by atoms with van der Waals surface area (Å²) in [5.74, 6) is -0.751. The molecule has 6 nitrogen and oxygen atoms in total. The number of benzene rings is 2. The summed E-state index contributed by atoms with van der Waals surface area (Å²) in [7, 11) is 0. The average Bonchev–Trinajstić information content (AvgIpc) is 3.18. The van der Waals surface area contributed by atoms with Crippen LogP contribution in [-0.2, 0) is 6.54 Å². The number of rotatable bonds is 4. The monoisotopic (exact) mass is 364 g/mol. The van der Waals surface area contributed by atoms with Crippen molar-refractivity contribution in [1.29, 1.82) is 0 Å². The number of halogens is 1. The van der Waals surface area contributed by atoms with Crippen LogP contribution in [0.5, 0.6) is 0 Å². The molecule has 0 spiro atoms. The molecule has 0 aliphatic carbocycles. The van der Waals surface area contributed by atoms with E-state index in [9.17, 15) is 9.18 Å². The predicted molar refractivity (Wildman–Crippen MR) is 98.3 cm³/mol. The van der Waals surface area contributed by atoms with Crippen LogP contribution in [0.15, 0.2) is 63.8 Å². The molecule has 4 aromatic rings. The van der Waals surface area contributed by atoms with Crippen LogP contribution in [0.4, 0.5) is 4.39 Å². The normalized spacial score (nSPS) is 11.1. The molecule has 0 saturated carbocycles. The lowest BCUT2D eigenvalue weighted by molar-refractivity contribution is 0.495. The quantitative estimate of drug-likeness (QED) is 0.556. The second kappa shape index (κ2) is 6.68. The van der Waals surface area contributed by atoms with E-state index in [1.54, 1.807) is 0 Å². The molecular formula is C20H17FN4O2. The van der Waals surface area contributed by atoms with Gasteiger partial charge in [0.25, 0.3) is 0 Å². The largest absolute Gasteiger partial charge is 0.437 e. The van der Waals surface area contributed by atoms with E-state index in [0.29, 0.717) is 5.56 Å². The predicted octanol–water partition coefficient (Wildman–Crippen LogP) is 3.49. The highest BCUT2D eigenvalue weighted by Crippen LogP contribution is 2.17. The van der Waals surface area contributed by atoms with Gasteiger partial charge in [0.05, 0.1) is 17.9 Å². The molecule has 136 valence electrons. The summed E-state index contributed by atoms with van der Waals surface area (Å²) in [5.41, 5.74) is 4.41. The van der Waals surface area contributed by atoms with Crippen molar-refractivity contribution in [3.8, 4) is 17.1 Å². The SMILES string of the molecule is Cc1cc(C)n(-c2ccc(Cn3nc(-c4ccc(F)cc4)oc3=O)cc2)n1. The highest BCUT2D eigenvalue weighted by atomic mass is 19.1. The van der Waals surface area contributed by atoms with Gasteiger partial charge < -0.3 is 4.42 Å². The van der Waals surface area contributed by atoms with Gasteiger partial charge in [0.2, 0.25) is 5.89 Å². The van der Waals surface area contributed by atoms with E-state index in [1.165, 1.54) is 28.9 Å². The van der Waals surface area contributed by atoms with Crippen LogP contribution in [0.3, 0.4) is 0 Å². The Kier molecular flexibility index (Phi) is 4.19. The first-order chi connectivity index (χ1) is 13.0. The van der Waals surface area contributed by atoms with E-state index in [1.807, 2.05) is 48.9 Å². The molecule has 0 unspecified atom stereocenters. The van der Waals surface area contributed by atoms with Crippen molar-refractivity contribution in [3.05, 3.63) is 87.9 Å². The third-order valence-corrected chi connectivity index (χ3v) is 4.22. The standard InChI is InChI=1S/C20H17FN4O2/c1-13-11-14(2)25(22-13)18-9-3-15(4-10-18)12-24-20(26)27-19(23-24)16-5-7-17(21)8-6-16/h3-11H,12H2,1-2H3. The molecule has 0 N–H and O–H groups in total. The summed E-state index contributed by atoms with van der Waals surface area (Å²) < 4.78 is 21.3. The first kappa shape index (κ1) is 17.0. The van der Waals surface area contributed by atoms with Gasteiger partial charge in [0.15, 0.2) is 0 Å². The molecule has 0 aliphatic rings. The van der Waals surface area contributed by atoms with E-state index in [-0.39, 0.29) is 18.3 Å². The summed E-state index contributed by atoms with van der Waals surface area (Å²) in [6.45, 7) is 4.23. The maximum atomic E-state index is 13.0. The van der Waals surface area contributed by atoms with Gasteiger partial charge in [-0.15, -0.1) is 5.10 Å². The Bertz CT molecular complexity index is 1140. The number of aromatic nitrogens is 4. The third-order valence-electron chi connectivity index (χ3n) is 4.22. The van der Waals surface area contributed by atoms with Gasteiger partial charge in [-0.1, -0.05) is 12.1 Å². The van der Waals surface area contributed by atoms with Gasteiger partial charge in [0.1, 0.15) is 5.82 Å². The minimum atomic E-state index is -0.558. The number of hydrogen-bond donors (Lipinski definition) is 0. The second-order valence-electron chi connectivity index (χ2n) is 6.34. The lowest BCUT2D eigenvalue weighted by Gasteiger charge is -2.06. The van der Waals surface area contributed by atoms with Crippen molar-refractivity contribution >= 4 is 0 Å². The Balaban J connectivity index is 1.57. The van der Waals surface area contributed by atoms with E-state index >= 15 is 0 Å². The first-order valence-electron chi connectivity index (χ1n) is 8.46. The Hall–Kier alpha value is -3.48. The minimum Gasteiger partial charge on any atom is -0.388 e. The van der Waals surface area contributed by atoms with E-state index in [0.717, 1.165) is 22.6 Å². The molecule has 2 aromatic carbocycles. The van der Waals surface area contributed by atoms with Crippen LogP contribution >= 0.6 is 0 Å². The van der Waals surface area contributed by atoms with Crippen LogP contribution in [0.2, 0.25) is 0 Å². The molecule has 0 bridgehead atoms. The zero-order valence-corrected chi connectivity index (χ0v) is 14.9. The Morgan fingerprint density at radius 3 is 2.33 bits per heavy atom. The second-order valence-corrected chi connectivity index (χ2v) is 6.34. The van der Waals surface area contributed by atoms with E-state index < -0.39 is 5.76 Å². The first-order valence-corrected chi connectivity index (χ1v) is 8.46. The zero-order valence-electron chi connectivity index (χ0n) is 14.9. The minimum absolute atomic E-state index is 0.166. The maximum Gasteiger partial charge on any atom is 0.437 e. The van der Waals surface area contributed by atoms with E-state index in [2.05, 4.69) is 10.2 Å². The summed E-state index contributed by atoms with van der Waals surface area (Å²) in [6, 6.07) is 15.4. The molecule has 27 heavy (non-hydrogen) atoms. The Morgan fingerprint density at radius 2 is 1.70 bits per heavy atom. The van der Waals surface area contributed by atoms with Gasteiger partial charge in [-0.25, -0.2) is 13.9 Å². The summed E-state index contributed by atoms with van der Waals surface area (Å²) in [6.07, 6.45) is 0. The number of aryl methyl sites for hydroxylation is 2. The topological polar surface area (TPSA) is 65.8 Å². The number of hydrogen-bond acceptors (Lipinski definition) is 4. The van der Waals surface area contributed by atoms with Gasteiger partial charge in [-0.3, -0.25) is 0 Å². The lowest BCUT2D eigenvalue weighted by atomic mass is 10.2. The molecule has 2 aromatic heterocycles. The molecule has 7 heteroatoms. The molecule has 0 saturated heterocycles. The molecule has 0 amide bonds. The third kappa shape index (κ3) is 3.44. The number of nitrogens with zero attached hydrogens (tertiary/aromatic N) is 4. The van der Waals surface area contributed by atoms with Crippen molar-refractivity contribution in [1.82, 2.24) is 19.6 Å². The summed E-state index contributed by atoms with van der Waals surface area (Å²) in [5, 5.41) is 8.66. The van der Waals surface area contributed by atoms with Crippen LogP contribution in [0.25, 0.3) is 17.1 Å². The van der Waals surface area contributed by atoms with Gasteiger partial charge in [-0.05, 0) is 61.9 Å². The fourth-order valence-electron chi connectivity index (χ4n) is 2.92. The van der Waals surface area contributed by atoms with Crippen molar-refractivity contribution in [2.24, 2.45) is 0 Å². The van der Waals surface area contributed by atoms with Crippen molar-refractivity contribution in [2.45, 2.75) is 20.4 Å². The van der Waals surface area contributed by atoms with Crippen molar-refractivity contribution in [2.75, 3.05) is 0 Å².